The van der Waals surface area contributed by atoms with Crippen LogP contribution in [0.15, 0.2) is 59.3 Å². The van der Waals surface area contributed by atoms with E-state index in [2.05, 4.69) is 11.4 Å². The first-order valence-corrected chi connectivity index (χ1v) is 9.53. The van der Waals surface area contributed by atoms with Gasteiger partial charge in [0.2, 0.25) is 0 Å². The second kappa shape index (κ2) is 8.50. The van der Waals surface area contributed by atoms with E-state index >= 15 is 0 Å². The van der Waals surface area contributed by atoms with Crippen molar-refractivity contribution < 1.29 is 13.9 Å². The third-order valence-electron chi connectivity index (χ3n) is 5.02. The number of esters is 1. The van der Waals surface area contributed by atoms with Crippen LogP contribution in [-0.2, 0) is 16.0 Å². The van der Waals surface area contributed by atoms with Crippen LogP contribution < -0.4 is 5.32 Å². The van der Waals surface area contributed by atoms with Crippen molar-refractivity contribution in [3.8, 4) is 6.07 Å². The van der Waals surface area contributed by atoms with E-state index in [9.17, 15) is 14.4 Å². The number of dihydropyridines is 1. The molecule has 0 aromatic heterocycles. The van der Waals surface area contributed by atoms with Gasteiger partial charge in [-0.25, -0.2) is 9.18 Å². The van der Waals surface area contributed by atoms with E-state index in [4.69, 9.17) is 16.3 Å². The summed E-state index contributed by atoms with van der Waals surface area (Å²) in [6, 6.07) is 13.8. The number of carbonyl (C=O) groups excluding carboxylic acids is 1. The molecule has 0 amide bonds. The first kappa shape index (κ1) is 20.6. The molecule has 1 aliphatic rings. The minimum atomic E-state index is -0.671. The standard InChI is InChI=1S/C23H20ClFN2O2/c1-4-14-11-17(25)9-10-18(14)21-19(12-26)22(15-5-7-16(24)8-6-15)27-13(2)20(21)23(28)29-3/h5-11,21,27H,4H2,1-3H3. The highest BCUT2D eigenvalue weighted by Gasteiger charge is 2.36. The lowest BCUT2D eigenvalue weighted by Gasteiger charge is -2.30. The SMILES string of the molecule is CCc1cc(F)ccc1C1C(C#N)=C(c2ccc(Cl)cc2)NC(C)=C1C(=O)OC. The van der Waals surface area contributed by atoms with E-state index in [0.29, 0.717) is 39.5 Å². The fourth-order valence-corrected chi connectivity index (χ4v) is 3.77. The van der Waals surface area contributed by atoms with Crippen LogP contribution in [0.5, 0.6) is 0 Å². The molecule has 29 heavy (non-hydrogen) atoms. The van der Waals surface area contributed by atoms with Crippen molar-refractivity contribution in [2.24, 2.45) is 0 Å². The van der Waals surface area contributed by atoms with Crippen molar-refractivity contribution in [1.82, 2.24) is 5.32 Å². The van der Waals surface area contributed by atoms with Crippen LogP contribution in [0.2, 0.25) is 5.02 Å². The van der Waals surface area contributed by atoms with Crippen molar-refractivity contribution >= 4 is 23.3 Å². The highest BCUT2D eigenvalue weighted by Crippen LogP contribution is 2.42. The molecule has 4 nitrogen and oxygen atoms in total. The van der Waals surface area contributed by atoms with Gasteiger partial charge in [0, 0.05) is 10.7 Å². The van der Waals surface area contributed by atoms with Crippen LogP contribution in [0.3, 0.4) is 0 Å². The average Bonchev–Trinajstić information content (AvgIpc) is 2.73. The Balaban J connectivity index is 2.30. The van der Waals surface area contributed by atoms with E-state index in [-0.39, 0.29) is 5.82 Å². The van der Waals surface area contributed by atoms with Crippen LogP contribution in [0.4, 0.5) is 4.39 Å². The lowest BCUT2D eigenvalue weighted by atomic mass is 9.78. The van der Waals surface area contributed by atoms with Gasteiger partial charge in [-0.05, 0) is 54.3 Å². The summed E-state index contributed by atoms with van der Waals surface area (Å²) in [7, 11) is 1.30. The molecule has 0 spiro atoms. The quantitative estimate of drug-likeness (QED) is 0.711. The van der Waals surface area contributed by atoms with Crippen molar-refractivity contribution in [2.45, 2.75) is 26.2 Å². The van der Waals surface area contributed by atoms with Crippen LogP contribution in [0, 0.1) is 17.1 Å². The summed E-state index contributed by atoms with van der Waals surface area (Å²) >= 11 is 6.00. The summed E-state index contributed by atoms with van der Waals surface area (Å²) in [5.74, 6) is -1.57. The Morgan fingerprint density at radius 1 is 1.28 bits per heavy atom. The molecule has 1 unspecified atom stereocenters. The summed E-state index contributed by atoms with van der Waals surface area (Å²) in [5.41, 5.74) is 4.07. The molecule has 1 heterocycles. The lowest BCUT2D eigenvalue weighted by molar-refractivity contribution is -0.136. The van der Waals surface area contributed by atoms with E-state index in [1.165, 1.54) is 19.2 Å². The predicted molar refractivity (Wildman–Crippen MR) is 110 cm³/mol. The zero-order chi connectivity index (χ0) is 21.1. The number of benzene rings is 2. The van der Waals surface area contributed by atoms with Gasteiger partial charge < -0.3 is 10.1 Å². The van der Waals surface area contributed by atoms with Gasteiger partial charge in [0.25, 0.3) is 0 Å². The number of hydrogen-bond donors (Lipinski definition) is 1. The molecular weight excluding hydrogens is 391 g/mol. The van der Waals surface area contributed by atoms with E-state index < -0.39 is 11.9 Å². The Hall–Kier alpha value is -3.10. The van der Waals surface area contributed by atoms with E-state index in [1.807, 2.05) is 6.92 Å². The van der Waals surface area contributed by atoms with Gasteiger partial charge in [-0.2, -0.15) is 5.26 Å². The highest BCUT2D eigenvalue weighted by atomic mass is 35.5. The fraction of sp³-hybridized carbons (Fsp3) is 0.217. The Kier molecular flexibility index (Phi) is 6.05. The molecule has 3 rings (SSSR count). The molecule has 1 atom stereocenters. The summed E-state index contributed by atoms with van der Waals surface area (Å²) in [5, 5.41) is 13.8. The molecule has 2 aromatic carbocycles. The second-order valence-electron chi connectivity index (χ2n) is 6.69. The van der Waals surface area contributed by atoms with Crippen molar-refractivity contribution in [3.05, 3.63) is 86.8 Å². The maximum Gasteiger partial charge on any atom is 0.336 e. The number of nitrogens with zero attached hydrogens (tertiary/aromatic N) is 1. The van der Waals surface area contributed by atoms with Crippen molar-refractivity contribution in [1.29, 1.82) is 5.26 Å². The number of ether oxygens (including phenoxy) is 1. The predicted octanol–water partition coefficient (Wildman–Crippen LogP) is 5.11. The Morgan fingerprint density at radius 3 is 2.55 bits per heavy atom. The van der Waals surface area contributed by atoms with Crippen LogP contribution in [0.25, 0.3) is 5.70 Å². The first-order valence-electron chi connectivity index (χ1n) is 9.15. The molecule has 0 aliphatic carbocycles. The molecule has 6 heteroatoms. The third-order valence-corrected chi connectivity index (χ3v) is 5.27. The largest absolute Gasteiger partial charge is 0.466 e. The van der Waals surface area contributed by atoms with Gasteiger partial charge >= 0.3 is 5.97 Å². The number of allylic oxidation sites excluding steroid dienone is 2. The maximum atomic E-state index is 13.9. The minimum absolute atomic E-state index is 0.336. The fourth-order valence-electron chi connectivity index (χ4n) is 3.65. The highest BCUT2D eigenvalue weighted by molar-refractivity contribution is 6.30. The number of hydrogen-bond acceptors (Lipinski definition) is 4. The third kappa shape index (κ3) is 3.90. The monoisotopic (exact) mass is 410 g/mol. The van der Waals surface area contributed by atoms with Gasteiger partial charge in [0.05, 0.1) is 35.9 Å². The zero-order valence-electron chi connectivity index (χ0n) is 16.3. The van der Waals surface area contributed by atoms with Gasteiger partial charge in [-0.15, -0.1) is 0 Å². The Bertz CT molecular complexity index is 1070. The van der Waals surface area contributed by atoms with Gasteiger partial charge in [0.15, 0.2) is 0 Å². The van der Waals surface area contributed by atoms with Crippen molar-refractivity contribution in [3.63, 3.8) is 0 Å². The smallest absolute Gasteiger partial charge is 0.336 e. The van der Waals surface area contributed by atoms with Gasteiger partial charge in [-0.3, -0.25) is 0 Å². The number of carbonyl (C=O) groups is 1. The molecule has 1 N–H and O–H groups in total. The summed E-state index contributed by atoms with van der Waals surface area (Å²) in [6.07, 6.45) is 0.555. The Labute approximate surface area is 174 Å². The molecule has 0 saturated heterocycles. The molecule has 0 radical (unpaired) electrons. The van der Waals surface area contributed by atoms with Crippen LogP contribution in [-0.4, -0.2) is 13.1 Å². The number of aryl methyl sites for hydroxylation is 1. The zero-order valence-corrected chi connectivity index (χ0v) is 17.1. The Morgan fingerprint density at radius 2 is 1.97 bits per heavy atom. The normalized spacial score (nSPS) is 16.3. The maximum absolute atomic E-state index is 13.9. The molecule has 0 fully saturated rings. The molecule has 0 bridgehead atoms. The van der Waals surface area contributed by atoms with Gasteiger partial charge in [-0.1, -0.05) is 36.7 Å². The number of methoxy groups -OCH3 is 1. The average molecular weight is 411 g/mol. The first-order chi connectivity index (χ1) is 13.9. The van der Waals surface area contributed by atoms with Crippen LogP contribution in [0.1, 0.15) is 36.5 Å². The van der Waals surface area contributed by atoms with Crippen LogP contribution >= 0.6 is 11.6 Å². The van der Waals surface area contributed by atoms with E-state index in [0.717, 1.165) is 11.1 Å². The number of rotatable bonds is 4. The summed E-state index contributed by atoms with van der Waals surface area (Å²) in [4.78, 5) is 12.6. The van der Waals surface area contributed by atoms with E-state index in [1.54, 1.807) is 37.3 Å². The van der Waals surface area contributed by atoms with Gasteiger partial charge in [0.1, 0.15) is 5.82 Å². The minimum Gasteiger partial charge on any atom is -0.466 e. The second-order valence-corrected chi connectivity index (χ2v) is 7.13. The summed E-state index contributed by atoms with van der Waals surface area (Å²) < 4.78 is 18.9. The number of nitriles is 1. The molecule has 148 valence electrons. The molecule has 0 saturated carbocycles. The molecule has 1 aliphatic heterocycles. The summed E-state index contributed by atoms with van der Waals surface area (Å²) in [6.45, 7) is 3.67. The topological polar surface area (TPSA) is 62.1 Å². The molecule has 2 aromatic rings. The lowest BCUT2D eigenvalue weighted by Crippen LogP contribution is -2.29. The molecular formula is C23H20ClFN2O2. The number of nitrogens with one attached hydrogen (secondary N) is 1. The number of halogens is 2. The van der Waals surface area contributed by atoms with Crippen molar-refractivity contribution in [2.75, 3.05) is 7.11 Å².